The van der Waals surface area contributed by atoms with Crippen LogP contribution in [0.15, 0.2) is 97.1 Å². The molecule has 0 aromatic heterocycles. The third-order valence-electron chi connectivity index (χ3n) is 6.17. The van der Waals surface area contributed by atoms with Gasteiger partial charge in [-0.15, -0.1) is 0 Å². The zero-order valence-electron chi connectivity index (χ0n) is 22.0. The Morgan fingerprint density at radius 2 is 1.53 bits per heavy atom. The van der Waals surface area contributed by atoms with Gasteiger partial charge in [0.25, 0.3) is 5.91 Å². The van der Waals surface area contributed by atoms with Crippen LogP contribution in [0.2, 0.25) is 5.02 Å². The van der Waals surface area contributed by atoms with Crippen molar-refractivity contribution in [3.05, 3.63) is 113 Å². The lowest BCUT2D eigenvalue weighted by atomic mass is 10.0. The Labute approximate surface area is 229 Å². The molecule has 2 amide bonds. The molecular formula is C32H33ClN2O3. The van der Waals surface area contributed by atoms with Crippen molar-refractivity contribution in [1.82, 2.24) is 10.2 Å². The molecule has 0 aliphatic rings. The smallest absolute Gasteiger partial charge is 0.261 e. The van der Waals surface area contributed by atoms with Crippen LogP contribution in [-0.2, 0) is 22.6 Å². The maximum absolute atomic E-state index is 13.8. The average Bonchev–Trinajstić information content (AvgIpc) is 2.90. The number of halogens is 1. The Hall–Kier alpha value is -3.83. The fourth-order valence-corrected chi connectivity index (χ4v) is 4.56. The number of ether oxygens (including phenoxy) is 1. The molecule has 0 radical (unpaired) electrons. The molecule has 6 heteroatoms. The molecule has 0 spiro atoms. The minimum absolute atomic E-state index is 0.173. The van der Waals surface area contributed by atoms with Crippen LogP contribution in [0.1, 0.15) is 31.9 Å². The number of nitrogens with one attached hydrogen (secondary N) is 1. The number of nitrogens with zero attached hydrogens (tertiary/aromatic N) is 1. The summed E-state index contributed by atoms with van der Waals surface area (Å²) < 4.78 is 6.06. The number of fused-ring (bicyclic) bond motifs is 1. The molecule has 0 saturated carbocycles. The molecule has 0 saturated heterocycles. The molecule has 4 aromatic rings. The summed E-state index contributed by atoms with van der Waals surface area (Å²) in [6, 6.07) is 29.9. The number of carbonyl (C=O) groups excluding carboxylic acids is 2. The molecule has 0 aliphatic heterocycles. The fraction of sp³-hybridized carbons (Fsp3) is 0.250. The maximum Gasteiger partial charge on any atom is 0.261 e. The van der Waals surface area contributed by atoms with Crippen molar-refractivity contribution in [2.75, 3.05) is 6.61 Å². The Kier molecular flexibility index (Phi) is 8.70. The highest BCUT2D eigenvalue weighted by atomic mass is 35.5. The van der Waals surface area contributed by atoms with Gasteiger partial charge in [0.05, 0.1) is 0 Å². The summed E-state index contributed by atoms with van der Waals surface area (Å²) in [6.07, 6.45) is 0.354. The van der Waals surface area contributed by atoms with E-state index in [9.17, 15) is 9.59 Å². The highest BCUT2D eigenvalue weighted by molar-refractivity contribution is 6.31. The number of hydrogen-bond donors (Lipinski definition) is 1. The molecule has 1 N–H and O–H groups in total. The zero-order valence-corrected chi connectivity index (χ0v) is 22.7. The van der Waals surface area contributed by atoms with Crippen molar-refractivity contribution in [3.8, 4) is 5.75 Å². The van der Waals surface area contributed by atoms with Crippen LogP contribution in [0.3, 0.4) is 0 Å². The molecule has 4 rings (SSSR count). The van der Waals surface area contributed by atoms with E-state index in [0.29, 0.717) is 17.2 Å². The molecule has 38 heavy (non-hydrogen) atoms. The van der Waals surface area contributed by atoms with E-state index in [2.05, 4.69) is 5.32 Å². The molecule has 0 fully saturated rings. The zero-order chi connectivity index (χ0) is 27.1. The van der Waals surface area contributed by atoms with E-state index in [1.807, 2.05) is 112 Å². The maximum atomic E-state index is 13.8. The first-order valence-electron chi connectivity index (χ1n) is 12.7. The standard InChI is InChI=1S/C32H33ClN2O3/c1-32(2,3)34-31(37)28(20-23-12-5-4-6-13-23)35(21-25-15-8-10-18-27(25)33)30(36)22-38-29-19-11-16-24-14-7-9-17-26(24)29/h4-19,28H,20-22H2,1-3H3,(H,34,37). The lowest BCUT2D eigenvalue weighted by molar-refractivity contribution is -0.143. The lowest BCUT2D eigenvalue weighted by Crippen LogP contribution is -2.55. The van der Waals surface area contributed by atoms with Crippen LogP contribution in [0.5, 0.6) is 5.75 Å². The summed E-state index contributed by atoms with van der Waals surface area (Å²) in [6.45, 7) is 5.73. The molecule has 0 heterocycles. The second kappa shape index (κ2) is 12.1. The van der Waals surface area contributed by atoms with Crippen molar-refractivity contribution in [1.29, 1.82) is 0 Å². The summed E-state index contributed by atoms with van der Waals surface area (Å²) >= 11 is 6.49. The molecule has 196 valence electrons. The average molecular weight is 529 g/mol. The predicted molar refractivity (Wildman–Crippen MR) is 153 cm³/mol. The van der Waals surface area contributed by atoms with Crippen LogP contribution in [-0.4, -0.2) is 34.9 Å². The summed E-state index contributed by atoms with van der Waals surface area (Å²) in [5.41, 5.74) is 1.24. The van der Waals surface area contributed by atoms with Crippen molar-refractivity contribution in [2.24, 2.45) is 0 Å². The lowest BCUT2D eigenvalue weighted by Gasteiger charge is -2.34. The van der Waals surface area contributed by atoms with Crippen molar-refractivity contribution in [2.45, 2.75) is 45.3 Å². The largest absolute Gasteiger partial charge is 0.483 e. The van der Waals surface area contributed by atoms with E-state index in [4.69, 9.17) is 16.3 Å². The highest BCUT2D eigenvalue weighted by Gasteiger charge is 2.32. The van der Waals surface area contributed by atoms with E-state index in [1.165, 1.54) is 0 Å². The number of hydrogen-bond acceptors (Lipinski definition) is 3. The fourth-order valence-electron chi connectivity index (χ4n) is 4.36. The summed E-state index contributed by atoms with van der Waals surface area (Å²) in [7, 11) is 0. The number of amides is 2. The van der Waals surface area contributed by atoms with Gasteiger partial charge >= 0.3 is 0 Å². The summed E-state index contributed by atoms with van der Waals surface area (Å²) in [4.78, 5) is 29.1. The van der Waals surface area contributed by atoms with Crippen LogP contribution < -0.4 is 10.1 Å². The van der Waals surface area contributed by atoms with E-state index >= 15 is 0 Å². The molecule has 0 bridgehead atoms. The van der Waals surface area contributed by atoms with Gasteiger partial charge in [-0.3, -0.25) is 9.59 Å². The Balaban J connectivity index is 1.67. The van der Waals surface area contributed by atoms with Crippen LogP contribution in [0, 0.1) is 0 Å². The molecule has 0 aliphatic carbocycles. The molecule has 1 unspecified atom stereocenters. The quantitative estimate of drug-likeness (QED) is 0.272. The first-order chi connectivity index (χ1) is 18.2. The van der Waals surface area contributed by atoms with Gasteiger partial charge in [-0.2, -0.15) is 0 Å². The Bertz CT molecular complexity index is 1390. The van der Waals surface area contributed by atoms with Crippen LogP contribution in [0.25, 0.3) is 10.8 Å². The molecular weight excluding hydrogens is 496 g/mol. The molecule has 1 atom stereocenters. The van der Waals surface area contributed by atoms with Gasteiger partial charge < -0.3 is 15.0 Å². The van der Waals surface area contributed by atoms with Gasteiger partial charge in [-0.05, 0) is 49.4 Å². The van der Waals surface area contributed by atoms with Crippen LogP contribution >= 0.6 is 11.6 Å². The van der Waals surface area contributed by atoms with Crippen molar-refractivity contribution >= 4 is 34.2 Å². The third-order valence-corrected chi connectivity index (χ3v) is 6.54. The minimum Gasteiger partial charge on any atom is -0.483 e. The van der Waals surface area contributed by atoms with Gasteiger partial charge in [0.1, 0.15) is 11.8 Å². The van der Waals surface area contributed by atoms with Crippen molar-refractivity contribution in [3.63, 3.8) is 0 Å². The predicted octanol–water partition coefficient (Wildman–Crippen LogP) is 6.43. The normalized spacial score (nSPS) is 12.1. The number of benzene rings is 4. The Morgan fingerprint density at radius 3 is 2.26 bits per heavy atom. The summed E-state index contributed by atoms with van der Waals surface area (Å²) in [5, 5.41) is 5.55. The van der Waals surface area contributed by atoms with Gasteiger partial charge in [0.2, 0.25) is 5.91 Å². The SMILES string of the molecule is CC(C)(C)NC(=O)C(Cc1ccccc1)N(Cc1ccccc1Cl)C(=O)COc1cccc2ccccc12. The Morgan fingerprint density at radius 1 is 0.868 bits per heavy atom. The van der Waals surface area contributed by atoms with Gasteiger partial charge in [0.15, 0.2) is 6.61 Å². The molecule has 5 nitrogen and oxygen atoms in total. The number of carbonyl (C=O) groups is 2. The second-order valence-electron chi connectivity index (χ2n) is 10.3. The topological polar surface area (TPSA) is 58.6 Å². The van der Waals surface area contributed by atoms with E-state index in [1.54, 1.807) is 11.0 Å². The number of rotatable bonds is 9. The van der Waals surface area contributed by atoms with E-state index < -0.39 is 11.6 Å². The monoisotopic (exact) mass is 528 g/mol. The van der Waals surface area contributed by atoms with Gasteiger partial charge in [0, 0.05) is 28.9 Å². The van der Waals surface area contributed by atoms with E-state index in [0.717, 1.165) is 21.9 Å². The minimum atomic E-state index is -0.767. The highest BCUT2D eigenvalue weighted by Crippen LogP contribution is 2.26. The molecule has 4 aromatic carbocycles. The van der Waals surface area contributed by atoms with E-state index in [-0.39, 0.29) is 25.0 Å². The first-order valence-corrected chi connectivity index (χ1v) is 13.1. The summed E-state index contributed by atoms with van der Waals surface area (Å²) in [5.74, 6) is 0.0858. The first kappa shape index (κ1) is 27.2. The van der Waals surface area contributed by atoms with Gasteiger partial charge in [-0.25, -0.2) is 0 Å². The van der Waals surface area contributed by atoms with Gasteiger partial charge in [-0.1, -0.05) is 96.5 Å². The second-order valence-corrected chi connectivity index (χ2v) is 10.7. The third kappa shape index (κ3) is 7.14. The van der Waals surface area contributed by atoms with Crippen molar-refractivity contribution < 1.29 is 14.3 Å². The van der Waals surface area contributed by atoms with Crippen LogP contribution in [0.4, 0.5) is 0 Å².